The van der Waals surface area contributed by atoms with Gasteiger partial charge in [-0.2, -0.15) is 0 Å². The van der Waals surface area contributed by atoms with Crippen LogP contribution in [0.2, 0.25) is 5.02 Å². The number of amides is 1. The molecule has 1 aromatic heterocycles. The number of carbonyl (C=O) groups excluding carboxylic acids is 3. The lowest BCUT2D eigenvalue weighted by atomic mass is 9.90. The molecule has 8 nitrogen and oxygen atoms in total. The molecule has 3 rings (SSSR count). The summed E-state index contributed by atoms with van der Waals surface area (Å²) in [6.45, 7) is -0.748. The van der Waals surface area contributed by atoms with Gasteiger partial charge in [-0.3, -0.25) is 9.78 Å². The van der Waals surface area contributed by atoms with Crippen LogP contribution in [-0.4, -0.2) is 43.2 Å². The Hall–Kier alpha value is -3.90. The minimum absolute atomic E-state index is 0.0197. The molecular weight excluding hydrogens is 491 g/mol. The molecule has 1 heterocycles. The molecule has 0 saturated carbocycles. The number of carbonyl (C=O) groups is 3. The predicted molar refractivity (Wildman–Crippen MR) is 130 cm³/mol. The Labute approximate surface area is 213 Å². The third-order valence-electron chi connectivity index (χ3n) is 5.43. The van der Waals surface area contributed by atoms with Crippen LogP contribution in [0.15, 0.2) is 47.8 Å². The van der Waals surface area contributed by atoms with Gasteiger partial charge in [0, 0.05) is 29.6 Å². The van der Waals surface area contributed by atoms with Crippen molar-refractivity contribution in [1.82, 2.24) is 4.98 Å². The molecule has 0 unspecified atom stereocenters. The Kier molecular flexibility index (Phi) is 9.42. The van der Waals surface area contributed by atoms with Crippen LogP contribution >= 0.6 is 11.6 Å². The van der Waals surface area contributed by atoms with Crippen LogP contribution in [0.3, 0.4) is 0 Å². The monoisotopic (exact) mass is 514 g/mol. The number of anilines is 1. The number of ether oxygens (including phenoxy) is 3. The van der Waals surface area contributed by atoms with Crippen molar-refractivity contribution < 1.29 is 33.0 Å². The Balaban J connectivity index is 2.07. The van der Waals surface area contributed by atoms with Crippen molar-refractivity contribution in [3.05, 3.63) is 64.2 Å². The fourth-order valence-corrected chi connectivity index (χ4v) is 3.90. The molecule has 2 aromatic rings. The summed E-state index contributed by atoms with van der Waals surface area (Å²) >= 11 is 6.12. The SMILES string of the molecule is C#CCOC(=O)C1=C(C(=O)N(Cc2cccnc2)c2cc(OCC(=O)OC)c(Cl)cc2F)CCCC1. The van der Waals surface area contributed by atoms with Gasteiger partial charge in [-0.05, 0) is 43.4 Å². The number of hydrogen-bond donors (Lipinski definition) is 0. The average Bonchev–Trinajstić information content (AvgIpc) is 2.90. The summed E-state index contributed by atoms with van der Waals surface area (Å²) in [5.74, 6) is -0.498. The molecule has 0 N–H and O–H groups in total. The first-order chi connectivity index (χ1) is 17.3. The Morgan fingerprint density at radius 2 is 1.97 bits per heavy atom. The molecule has 0 atom stereocenters. The molecule has 0 bridgehead atoms. The van der Waals surface area contributed by atoms with E-state index >= 15 is 4.39 Å². The smallest absolute Gasteiger partial charge is 0.343 e. The standard InChI is InChI=1S/C26H24ClFN2O6/c1-3-11-35-26(33)19-9-5-4-8-18(19)25(32)30(15-17-7-6-10-29-14-17)22-13-23(20(27)12-21(22)28)36-16-24(31)34-2/h1,6-7,10,12-14H,4-5,8-9,11,15-16H2,2H3. The summed E-state index contributed by atoms with van der Waals surface area (Å²) in [6, 6.07) is 5.63. The van der Waals surface area contributed by atoms with Crippen LogP contribution in [0.5, 0.6) is 5.75 Å². The van der Waals surface area contributed by atoms with Gasteiger partial charge < -0.3 is 19.1 Å². The second kappa shape index (κ2) is 12.7. The molecule has 1 aliphatic carbocycles. The zero-order chi connectivity index (χ0) is 26.1. The second-order valence-electron chi connectivity index (χ2n) is 7.80. The predicted octanol–water partition coefficient (Wildman–Crippen LogP) is 4.01. The highest BCUT2D eigenvalue weighted by atomic mass is 35.5. The zero-order valence-corrected chi connectivity index (χ0v) is 20.3. The van der Waals surface area contributed by atoms with Crippen molar-refractivity contribution in [3.63, 3.8) is 0 Å². The Bertz CT molecular complexity index is 1210. The lowest BCUT2D eigenvalue weighted by Gasteiger charge is -2.28. The van der Waals surface area contributed by atoms with Crippen LogP contribution in [0.4, 0.5) is 10.1 Å². The summed E-state index contributed by atoms with van der Waals surface area (Å²) in [5, 5.41) is -0.0932. The van der Waals surface area contributed by atoms with Crippen molar-refractivity contribution >= 4 is 35.1 Å². The molecule has 0 saturated heterocycles. The molecule has 1 aromatic carbocycles. The van der Waals surface area contributed by atoms with Gasteiger partial charge in [-0.1, -0.05) is 23.6 Å². The van der Waals surface area contributed by atoms with E-state index in [2.05, 4.69) is 15.6 Å². The second-order valence-corrected chi connectivity index (χ2v) is 8.20. The molecule has 36 heavy (non-hydrogen) atoms. The molecule has 1 aliphatic rings. The fraction of sp³-hybridized carbons (Fsp3) is 0.308. The van der Waals surface area contributed by atoms with E-state index in [1.165, 1.54) is 18.1 Å². The largest absolute Gasteiger partial charge is 0.480 e. The number of halogens is 2. The Morgan fingerprint density at radius 3 is 2.64 bits per heavy atom. The molecule has 0 spiro atoms. The Morgan fingerprint density at radius 1 is 1.22 bits per heavy atom. The van der Waals surface area contributed by atoms with Gasteiger partial charge in [0.2, 0.25) is 0 Å². The van der Waals surface area contributed by atoms with Gasteiger partial charge in [-0.25, -0.2) is 14.0 Å². The number of hydrogen-bond acceptors (Lipinski definition) is 7. The van der Waals surface area contributed by atoms with Crippen LogP contribution in [0.25, 0.3) is 0 Å². The highest BCUT2D eigenvalue weighted by Gasteiger charge is 2.30. The lowest BCUT2D eigenvalue weighted by molar-refractivity contribution is -0.143. The van der Waals surface area contributed by atoms with Gasteiger partial charge in [-0.15, -0.1) is 6.42 Å². The topological polar surface area (TPSA) is 95.0 Å². The first-order valence-corrected chi connectivity index (χ1v) is 11.5. The highest BCUT2D eigenvalue weighted by Crippen LogP contribution is 2.36. The lowest BCUT2D eigenvalue weighted by Crippen LogP contribution is -2.34. The van der Waals surface area contributed by atoms with Crippen LogP contribution in [0.1, 0.15) is 31.2 Å². The summed E-state index contributed by atoms with van der Waals surface area (Å²) in [7, 11) is 1.20. The third kappa shape index (κ3) is 6.61. The molecular formula is C26H24ClFN2O6. The third-order valence-corrected chi connectivity index (χ3v) is 5.73. The van der Waals surface area contributed by atoms with Crippen LogP contribution in [-0.2, 0) is 30.4 Å². The summed E-state index contributed by atoms with van der Waals surface area (Å²) in [6.07, 6.45) is 10.3. The minimum atomic E-state index is -0.796. The minimum Gasteiger partial charge on any atom is -0.480 e. The number of rotatable bonds is 9. The maximum absolute atomic E-state index is 15.2. The van der Waals surface area contributed by atoms with Gasteiger partial charge in [0.1, 0.15) is 11.6 Å². The summed E-state index contributed by atoms with van der Waals surface area (Å²) in [4.78, 5) is 43.2. The van der Waals surface area contributed by atoms with Crippen molar-refractivity contribution in [2.45, 2.75) is 32.2 Å². The maximum atomic E-state index is 15.2. The van der Waals surface area contributed by atoms with Crippen molar-refractivity contribution in [3.8, 4) is 18.1 Å². The number of aromatic nitrogens is 1. The number of pyridine rings is 1. The number of benzene rings is 1. The van der Waals surface area contributed by atoms with E-state index in [9.17, 15) is 14.4 Å². The van der Waals surface area contributed by atoms with Gasteiger partial charge in [0.15, 0.2) is 13.2 Å². The molecule has 0 fully saturated rings. The summed E-state index contributed by atoms with van der Waals surface area (Å²) in [5.41, 5.74) is 0.903. The molecule has 0 aliphatic heterocycles. The molecule has 188 valence electrons. The van der Waals surface area contributed by atoms with E-state index in [-0.39, 0.29) is 40.8 Å². The molecule has 1 amide bonds. The van der Waals surface area contributed by atoms with E-state index in [1.54, 1.807) is 24.5 Å². The van der Waals surface area contributed by atoms with E-state index in [1.807, 2.05) is 0 Å². The highest BCUT2D eigenvalue weighted by molar-refractivity contribution is 6.32. The number of terminal acetylenes is 1. The zero-order valence-electron chi connectivity index (χ0n) is 19.6. The van der Waals surface area contributed by atoms with E-state index in [0.29, 0.717) is 31.2 Å². The van der Waals surface area contributed by atoms with Crippen molar-refractivity contribution in [1.29, 1.82) is 0 Å². The first kappa shape index (κ1) is 26.7. The fourth-order valence-electron chi connectivity index (χ4n) is 3.70. The van der Waals surface area contributed by atoms with Crippen molar-refractivity contribution in [2.75, 3.05) is 25.2 Å². The molecule has 10 heteroatoms. The van der Waals surface area contributed by atoms with E-state index in [0.717, 1.165) is 6.07 Å². The maximum Gasteiger partial charge on any atom is 0.343 e. The normalized spacial score (nSPS) is 12.9. The van der Waals surface area contributed by atoms with E-state index < -0.39 is 30.3 Å². The van der Waals surface area contributed by atoms with Crippen molar-refractivity contribution in [2.24, 2.45) is 0 Å². The molecule has 0 radical (unpaired) electrons. The van der Waals surface area contributed by atoms with Gasteiger partial charge in [0.05, 0.1) is 24.4 Å². The number of nitrogens with zero attached hydrogens (tertiary/aromatic N) is 2. The number of methoxy groups -OCH3 is 1. The quantitative estimate of drug-likeness (QED) is 0.368. The summed E-state index contributed by atoms with van der Waals surface area (Å²) < 4.78 is 30.2. The van der Waals surface area contributed by atoms with Crippen LogP contribution in [0, 0.1) is 18.2 Å². The number of esters is 2. The van der Waals surface area contributed by atoms with Gasteiger partial charge in [0.25, 0.3) is 5.91 Å². The first-order valence-electron chi connectivity index (χ1n) is 11.1. The van der Waals surface area contributed by atoms with E-state index in [4.69, 9.17) is 27.5 Å². The average molecular weight is 515 g/mol. The van der Waals surface area contributed by atoms with Gasteiger partial charge >= 0.3 is 11.9 Å². The van der Waals surface area contributed by atoms with Crippen LogP contribution < -0.4 is 9.64 Å².